The molecule has 114 valence electrons. The van der Waals surface area contributed by atoms with Gasteiger partial charge in [0.15, 0.2) is 5.75 Å². The molecular formula is C16H20ClNO3. The van der Waals surface area contributed by atoms with Gasteiger partial charge in [0, 0.05) is 23.3 Å². The lowest BCUT2D eigenvalue weighted by atomic mass is 9.58. The molecule has 2 aliphatic carbocycles. The van der Waals surface area contributed by atoms with E-state index in [1.54, 1.807) is 6.07 Å². The molecule has 21 heavy (non-hydrogen) atoms. The molecule has 2 saturated carbocycles. The van der Waals surface area contributed by atoms with Crippen molar-refractivity contribution in [3.05, 3.63) is 33.9 Å². The fourth-order valence-corrected chi connectivity index (χ4v) is 4.31. The van der Waals surface area contributed by atoms with Gasteiger partial charge in [0.25, 0.3) is 0 Å². The van der Waals surface area contributed by atoms with Crippen LogP contribution in [-0.4, -0.2) is 16.4 Å². The molecule has 5 heteroatoms. The highest BCUT2D eigenvalue weighted by Crippen LogP contribution is 2.56. The van der Waals surface area contributed by atoms with Gasteiger partial charge in [-0.25, -0.2) is 0 Å². The number of benzene rings is 1. The normalized spacial score (nSPS) is 27.1. The first-order valence-corrected chi connectivity index (χ1v) is 8.03. The van der Waals surface area contributed by atoms with Gasteiger partial charge in [-0.3, -0.25) is 10.1 Å². The van der Waals surface area contributed by atoms with Gasteiger partial charge in [-0.1, -0.05) is 31.4 Å². The number of rotatable bonds is 3. The van der Waals surface area contributed by atoms with Crippen molar-refractivity contribution in [3.8, 4) is 5.75 Å². The first kappa shape index (κ1) is 14.6. The third-order valence-electron chi connectivity index (χ3n) is 5.12. The van der Waals surface area contributed by atoms with Gasteiger partial charge >= 0.3 is 5.69 Å². The summed E-state index contributed by atoms with van der Waals surface area (Å²) in [6.07, 6.45) is 6.56. The largest absolute Gasteiger partial charge is 0.483 e. The van der Waals surface area contributed by atoms with E-state index in [-0.39, 0.29) is 27.5 Å². The van der Waals surface area contributed by atoms with Crippen molar-refractivity contribution in [2.45, 2.75) is 56.9 Å². The Kier molecular flexibility index (Phi) is 3.82. The van der Waals surface area contributed by atoms with Crippen molar-refractivity contribution >= 4 is 17.3 Å². The molecule has 0 amide bonds. The Hall–Kier alpha value is -1.29. The molecule has 0 bridgehead atoms. The van der Waals surface area contributed by atoms with E-state index in [0.29, 0.717) is 5.75 Å². The maximum absolute atomic E-state index is 11.2. The Bertz CT molecular complexity index is 554. The molecule has 2 atom stereocenters. The Labute approximate surface area is 129 Å². The third kappa shape index (κ3) is 2.39. The van der Waals surface area contributed by atoms with Crippen LogP contribution in [0, 0.1) is 22.5 Å². The van der Waals surface area contributed by atoms with Gasteiger partial charge in [-0.05, 0) is 25.3 Å². The van der Waals surface area contributed by atoms with E-state index in [1.165, 1.54) is 25.3 Å². The zero-order valence-electron chi connectivity index (χ0n) is 12.2. The van der Waals surface area contributed by atoms with Crippen LogP contribution in [0.5, 0.6) is 5.75 Å². The van der Waals surface area contributed by atoms with Gasteiger partial charge in [0.2, 0.25) is 0 Å². The Morgan fingerprint density at radius 2 is 2.05 bits per heavy atom. The maximum atomic E-state index is 11.2. The van der Waals surface area contributed by atoms with Crippen LogP contribution in [0.15, 0.2) is 18.2 Å². The molecule has 1 aromatic carbocycles. The summed E-state index contributed by atoms with van der Waals surface area (Å²) < 4.78 is 6.11. The number of nitro groups is 1. The highest BCUT2D eigenvalue weighted by atomic mass is 35.5. The molecule has 1 aromatic rings. The van der Waals surface area contributed by atoms with Crippen LogP contribution in [0.25, 0.3) is 0 Å². The van der Waals surface area contributed by atoms with Crippen molar-refractivity contribution < 1.29 is 9.66 Å². The summed E-state index contributed by atoms with van der Waals surface area (Å²) in [5.74, 6) is 0.418. The number of alkyl halides is 1. The predicted octanol–water partition coefficient (Wildman–Crippen LogP) is 4.61. The summed E-state index contributed by atoms with van der Waals surface area (Å²) in [6.45, 7) is 1.85. The number of ether oxygens (including phenoxy) is 1. The fraction of sp³-hybridized carbons (Fsp3) is 0.625. The Morgan fingerprint density at radius 1 is 1.33 bits per heavy atom. The average molecular weight is 310 g/mol. The monoisotopic (exact) mass is 309 g/mol. The van der Waals surface area contributed by atoms with Crippen LogP contribution in [0.4, 0.5) is 5.69 Å². The second-order valence-corrected chi connectivity index (χ2v) is 6.81. The minimum absolute atomic E-state index is 0.0140. The van der Waals surface area contributed by atoms with E-state index in [9.17, 15) is 10.1 Å². The molecule has 1 spiro atoms. The van der Waals surface area contributed by atoms with E-state index in [4.69, 9.17) is 16.3 Å². The predicted molar refractivity (Wildman–Crippen MR) is 82.0 cm³/mol. The summed E-state index contributed by atoms with van der Waals surface area (Å²) in [6, 6.07) is 5.06. The van der Waals surface area contributed by atoms with Crippen molar-refractivity contribution in [1.82, 2.24) is 0 Å². The first-order chi connectivity index (χ1) is 10.0. The lowest BCUT2D eigenvalue weighted by molar-refractivity contribution is -0.386. The molecule has 4 nitrogen and oxygen atoms in total. The molecule has 0 radical (unpaired) electrons. The van der Waals surface area contributed by atoms with Crippen molar-refractivity contribution in [3.63, 3.8) is 0 Å². The third-order valence-corrected chi connectivity index (χ3v) is 5.73. The first-order valence-electron chi connectivity index (χ1n) is 7.59. The smallest absolute Gasteiger partial charge is 0.311 e. The van der Waals surface area contributed by atoms with Gasteiger partial charge in [0.05, 0.1) is 4.92 Å². The van der Waals surface area contributed by atoms with Gasteiger partial charge < -0.3 is 4.74 Å². The van der Waals surface area contributed by atoms with Crippen LogP contribution < -0.4 is 4.74 Å². The maximum Gasteiger partial charge on any atom is 0.311 e. The minimum Gasteiger partial charge on any atom is -0.483 e. The molecule has 2 fully saturated rings. The fourth-order valence-electron chi connectivity index (χ4n) is 3.79. The summed E-state index contributed by atoms with van der Waals surface area (Å²) in [7, 11) is 0. The molecular weight excluding hydrogens is 290 g/mol. The van der Waals surface area contributed by atoms with E-state index in [1.807, 2.05) is 13.0 Å². The van der Waals surface area contributed by atoms with Gasteiger partial charge in [-0.15, -0.1) is 11.6 Å². The second-order valence-electron chi connectivity index (χ2n) is 6.28. The standard InChI is InChI=1S/C16H20ClNO3/c1-11-6-5-7-12(18(19)20)15(11)21-14-10-13(17)16(14)8-3-2-4-9-16/h5-7,13-14H,2-4,8-10H2,1H3. The van der Waals surface area contributed by atoms with Crippen molar-refractivity contribution in [2.75, 3.05) is 0 Å². The highest BCUT2D eigenvalue weighted by molar-refractivity contribution is 6.21. The van der Waals surface area contributed by atoms with Crippen molar-refractivity contribution in [1.29, 1.82) is 0 Å². The minimum atomic E-state index is -0.368. The molecule has 0 aliphatic heterocycles. The zero-order chi connectivity index (χ0) is 15.0. The van der Waals surface area contributed by atoms with E-state index in [2.05, 4.69) is 0 Å². The molecule has 0 N–H and O–H groups in total. The average Bonchev–Trinajstić information content (AvgIpc) is 2.49. The molecule has 2 aliphatic rings. The van der Waals surface area contributed by atoms with Gasteiger partial charge in [-0.2, -0.15) is 0 Å². The zero-order valence-corrected chi connectivity index (χ0v) is 12.9. The Balaban J connectivity index is 1.86. The molecule has 3 rings (SSSR count). The molecule has 0 saturated heterocycles. The number of para-hydroxylation sites is 1. The van der Waals surface area contributed by atoms with Gasteiger partial charge in [0.1, 0.15) is 6.10 Å². The SMILES string of the molecule is Cc1cccc([N+](=O)[O-])c1OC1CC(Cl)C12CCCCC2. The highest BCUT2D eigenvalue weighted by Gasteiger charge is 2.56. The van der Waals surface area contributed by atoms with Crippen molar-refractivity contribution in [2.24, 2.45) is 5.41 Å². The number of aryl methyl sites for hydroxylation is 1. The van der Waals surface area contributed by atoms with Crippen LogP contribution in [-0.2, 0) is 0 Å². The lowest BCUT2D eigenvalue weighted by Gasteiger charge is -2.54. The van der Waals surface area contributed by atoms with Crippen LogP contribution in [0.2, 0.25) is 0 Å². The number of nitrogens with zero attached hydrogens (tertiary/aromatic N) is 1. The number of hydrogen-bond donors (Lipinski definition) is 0. The van der Waals surface area contributed by atoms with Crippen LogP contribution >= 0.6 is 11.6 Å². The van der Waals surface area contributed by atoms with E-state index < -0.39 is 0 Å². The summed E-state index contributed by atoms with van der Waals surface area (Å²) in [4.78, 5) is 10.8. The molecule has 0 heterocycles. The van der Waals surface area contributed by atoms with Crippen LogP contribution in [0.1, 0.15) is 44.1 Å². The van der Waals surface area contributed by atoms with E-state index >= 15 is 0 Å². The molecule has 0 aromatic heterocycles. The number of nitro benzene ring substituents is 1. The quantitative estimate of drug-likeness (QED) is 0.465. The molecule has 2 unspecified atom stereocenters. The second kappa shape index (κ2) is 5.48. The summed E-state index contributed by atoms with van der Waals surface area (Å²) >= 11 is 6.47. The van der Waals surface area contributed by atoms with E-state index in [0.717, 1.165) is 24.8 Å². The lowest BCUT2D eigenvalue weighted by Crippen LogP contribution is -2.58. The van der Waals surface area contributed by atoms with Crippen LogP contribution in [0.3, 0.4) is 0 Å². The summed E-state index contributed by atoms with van der Waals surface area (Å²) in [5.41, 5.74) is 0.892. The Morgan fingerprint density at radius 3 is 2.67 bits per heavy atom. The number of hydrogen-bond acceptors (Lipinski definition) is 3. The topological polar surface area (TPSA) is 52.4 Å². The summed E-state index contributed by atoms with van der Waals surface area (Å²) in [5, 5.41) is 11.3. The number of halogens is 1.